The molecule has 0 aromatic heterocycles. The summed E-state index contributed by atoms with van der Waals surface area (Å²) < 4.78 is 28.5. The average Bonchev–Trinajstić information content (AvgIpc) is 2.65. The molecule has 4 saturated carbocycles. The van der Waals surface area contributed by atoms with Crippen LogP contribution in [0.2, 0.25) is 0 Å². The summed E-state index contributed by atoms with van der Waals surface area (Å²) in [6.45, 7) is 2.17. The number of hydrogen-bond donors (Lipinski definition) is 2. The Morgan fingerprint density at radius 2 is 1.79 bits per heavy atom. The fourth-order valence-electron chi connectivity index (χ4n) is 6.68. The number of carbonyl (C=O) groups is 1. The highest BCUT2D eigenvalue weighted by Crippen LogP contribution is 2.61. The fourth-order valence-corrected chi connectivity index (χ4v) is 7.86. The summed E-state index contributed by atoms with van der Waals surface area (Å²) in [6.07, 6.45) is 8.45. The molecule has 1 aliphatic heterocycles. The molecule has 1 aromatic carbocycles. The van der Waals surface area contributed by atoms with E-state index >= 15 is 0 Å². The van der Waals surface area contributed by atoms with E-state index in [0.29, 0.717) is 11.5 Å². The van der Waals surface area contributed by atoms with Crippen LogP contribution in [0.1, 0.15) is 58.3 Å². The zero-order valence-corrected chi connectivity index (χ0v) is 17.7. The molecule has 1 heterocycles. The van der Waals surface area contributed by atoms with Gasteiger partial charge in [0, 0.05) is 18.9 Å². The maximum Gasteiger partial charge on any atom is 0.286 e. The molecule has 4 fully saturated rings. The topological polar surface area (TPSA) is 87.6 Å². The van der Waals surface area contributed by atoms with Crippen molar-refractivity contribution in [3.63, 3.8) is 0 Å². The number of fused-ring (bicyclic) bond motifs is 1. The van der Waals surface area contributed by atoms with E-state index in [9.17, 15) is 13.2 Å². The van der Waals surface area contributed by atoms with Crippen molar-refractivity contribution in [2.75, 3.05) is 5.32 Å². The molecular weight excluding hydrogens is 386 g/mol. The molecule has 4 aliphatic carbocycles. The first-order chi connectivity index (χ1) is 13.8. The van der Waals surface area contributed by atoms with Gasteiger partial charge in [0.25, 0.3) is 10.0 Å². The summed E-state index contributed by atoms with van der Waals surface area (Å²) in [6, 6.07) is 6.89. The molecule has 1 atom stereocenters. The molecule has 0 spiro atoms. The monoisotopic (exact) mass is 415 g/mol. The van der Waals surface area contributed by atoms with Crippen LogP contribution in [0.5, 0.6) is 0 Å². The smallest absolute Gasteiger partial charge is 0.286 e. The Hall–Kier alpha value is -1.89. The summed E-state index contributed by atoms with van der Waals surface area (Å²) in [5.41, 5.74) is 0.799. The van der Waals surface area contributed by atoms with E-state index in [-0.39, 0.29) is 35.1 Å². The molecule has 5 aliphatic rings. The number of rotatable bonds is 5. The number of carbonyl (C=O) groups excluding carboxylic acids is 1. The van der Waals surface area contributed by atoms with Gasteiger partial charge in [0.1, 0.15) is 10.7 Å². The average molecular weight is 416 g/mol. The van der Waals surface area contributed by atoms with Gasteiger partial charge in [-0.1, -0.05) is 12.1 Å². The molecule has 6 rings (SSSR count). The predicted octanol–water partition coefficient (Wildman–Crippen LogP) is 3.70. The SMILES string of the molecule is C[C@H](NC(=O)CCC1=NS(=O)(=O)c2ccccc2N1)C12CC3CC(CC(C3)C1)C2. The highest BCUT2D eigenvalue weighted by Gasteiger charge is 2.53. The minimum atomic E-state index is -3.70. The van der Waals surface area contributed by atoms with Crippen LogP contribution in [-0.2, 0) is 14.8 Å². The lowest BCUT2D eigenvalue weighted by Gasteiger charge is -2.59. The Bertz CT molecular complexity index is 934. The van der Waals surface area contributed by atoms with E-state index in [1.54, 1.807) is 18.2 Å². The summed E-state index contributed by atoms with van der Waals surface area (Å²) in [7, 11) is -3.70. The molecule has 156 valence electrons. The van der Waals surface area contributed by atoms with E-state index in [1.165, 1.54) is 44.6 Å². The lowest BCUT2D eigenvalue weighted by molar-refractivity contribution is -0.125. The molecule has 4 bridgehead atoms. The van der Waals surface area contributed by atoms with Crippen LogP contribution in [0.3, 0.4) is 0 Å². The number of amides is 1. The number of sulfonamides is 1. The van der Waals surface area contributed by atoms with E-state index in [2.05, 4.69) is 22.0 Å². The second-order valence-corrected chi connectivity index (χ2v) is 11.3. The van der Waals surface area contributed by atoms with Crippen LogP contribution >= 0.6 is 0 Å². The molecule has 0 saturated heterocycles. The number of nitrogens with one attached hydrogen (secondary N) is 2. The van der Waals surface area contributed by atoms with Crippen LogP contribution in [0, 0.1) is 23.2 Å². The van der Waals surface area contributed by atoms with Crippen LogP contribution in [-0.4, -0.2) is 26.2 Å². The van der Waals surface area contributed by atoms with E-state index in [1.807, 2.05) is 0 Å². The minimum absolute atomic E-state index is 0.0194. The first-order valence-electron chi connectivity index (χ1n) is 10.8. The summed E-state index contributed by atoms with van der Waals surface area (Å²) in [5, 5.41) is 6.31. The van der Waals surface area contributed by atoms with Crippen molar-refractivity contribution in [3.8, 4) is 0 Å². The molecule has 0 unspecified atom stereocenters. The Morgan fingerprint density at radius 1 is 1.17 bits per heavy atom. The largest absolute Gasteiger partial charge is 0.353 e. The normalized spacial score (nSPS) is 34.7. The van der Waals surface area contributed by atoms with Gasteiger partial charge in [0.2, 0.25) is 5.91 Å². The Kier molecular flexibility index (Phi) is 4.49. The maximum absolute atomic E-state index is 12.7. The van der Waals surface area contributed by atoms with Crippen molar-refractivity contribution in [2.24, 2.45) is 27.6 Å². The summed E-state index contributed by atoms with van der Waals surface area (Å²) in [4.78, 5) is 12.8. The van der Waals surface area contributed by atoms with Gasteiger partial charge in [0.15, 0.2) is 0 Å². The second-order valence-electron chi connectivity index (χ2n) is 9.70. The summed E-state index contributed by atoms with van der Waals surface area (Å²) in [5.74, 6) is 2.88. The lowest BCUT2D eigenvalue weighted by atomic mass is 9.48. The van der Waals surface area contributed by atoms with Gasteiger partial charge < -0.3 is 10.6 Å². The van der Waals surface area contributed by atoms with Gasteiger partial charge in [-0.25, -0.2) is 0 Å². The lowest BCUT2D eigenvalue weighted by Crippen LogP contribution is -2.55. The molecular formula is C22H29N3O3S. The van der Waals surface area contributed by atoms with Crippen molar-refractivity contribution in [3.05, 3.63) is 24.3 Å². The highest BCUT2D eigenvalue weighted by atomic mass is 32.2. The molecule has 1 aromatic rings. The van der Waals surface area contributed by atoms with E-state index in [0.717, 1.165) is 17.8 Å². The standard InChI is InChI=1S/C22H29N3O3S/c1-14(22-11-15-8-16(12-22)10-17(9-15)13-22)23-21(26)7-6-20-24-18-4-2-3-5-19(18)29(27,28)25-20/h2-5,14-17H,6-13H2,1H3,(H,23,26)(H,24,25)/t14-,15?,16?,17?,22?/m0/s1. The third kappa shape index (κ3) is 3.47. The molecule has 1 amide bonds. The number of para-hydroxylation sites is 1. The number of amidine groups is 1. The first-order valence-corrected chi connectivity index (χ1v) is 12.3. The van der Waals surface area contributed by atoms with Gasteiger partial charge in [-0.15, -0.1) is 4.40 Å². The van der Waals surface area contributed by atoms with Gasteiger partial charge >= 0.3 is 0 Å². The minimum Gasteiger partial charge on any atom is -0.353 e. The van der Waals surface area contributed by atoms with Crippen molar-refractivity contribution in [1.82, 2.24) is 5.32 Å². The zero-order chi connectivity index (χ0) is 20.2. The third-order valence-electron chi connectivity index (χ3n) is 7.64. The van der Waals surface area contributed by atoms with Crippen LogP contribution in [0.25, 0.3) is 0 Å². The zero-order valence-electron chi connectivity index (χ0n) is 16.9. The maximum atomic E-state index is 12.7. The molecule has 2 N–H and O–H groups in total. The van der Waals surface area contributed by atoms with Gasteiger partial charge in [0.05, 0.1) is 5.69 Å². The molecule has 6 nitrogen and oxygen atoms in total. The van der Waals surface area contributed by atoms with E-state index in [4.69, 9.17) is 0 Å². The Morgan fingerprint density at radius 3 is 2.45 bits per heavy atom. The van der Waals surface area contributed by atoms with Gasteiger partial charge in [-0.05, 0) is 80.8 Å². The number of benzene rings is 1. The van der Waals surface area contributed by atoms with Crippen LogP contribution in [0.15, 0.2) is 33.6 Å². The molecule has 7 heteroatoms. The van der Waals surface area contributed by atoms with E-state index < -0.39 is 10.0 Å². The van der Waals surface area contributed by atoms with Gasteiger partial charge in [-0.3, -0.25) is 4.79 Å². The van der Waals surface area contributed by atoms with Crippen molar-refractivity contribution >= 4 is 27.5 Å². The van der Waals surface area contributed by atoms with Gasteiger partial charge in [-0.2, -0.15) is 8.42 Å². The molecule has 0 radical (unpaired) electrons. The fraction of sp³-hybridized carbons (Fsp3) is 0.636. The predicted molar refractivity (Wildman–Crippen MR) is 112 cm³/mol. The highest BCUT2D eigenvalue weighted by molar-refractivity contribution is 7.90. The summed E-state index contributed by atoms with van der Waals surface area (Å²) >= 11 is 0. The second kappa shape index (κ2) is 6.83. The quantitative estimate of drug-likeness (QED) is 0.768. The van der Waals surface area contributed by atoms with Crippen LogP contribution in [0.4, 0.5) is 5.69 Å². The Labute approximate surface area is 172 Å². The number of anilines is 1. The first kappa shape index (κ1) is 19.1. The van der Waals surface area contributed by atoms with Crippen molar-refractivity contribution in [2.45, 2.75) is 69.2 Å². The molecule has 29 heavy (non-hydrogen) atoms. The van der Waals surface area contributed by atoms with Crippen LogP contribution < -0.4 is 10.6 Å². The van der Waals surface area contributed by atoms with Crippen molar-refractivity contribution in [1.29, 1.82) is 0 Å². The van der Waals surface area contributed by atoms with Crippen molar-refractivity contribution < 1.29 is 13.2 Å². The number of hydrogen-bond acceptors (Lipinski definition) is 4. The Balaban J connectivity index is 1.21. The third-order valence-corrected chi connectivity index (χ3v) is 9.02. The number of nitrogens with zero attached hydrogens (tertiary/aromatic N) is 1.